The van der Waals surface area contributed by atoms with E-state index >= 15 is 0 Å². The fourth-order valence-corrected chi connectivity index (χ4v) is 1.23. The molecule has 1 aromatic heterocycles. The summed E-state index contributed by atoms with van der Waals surface area (Å²) in [5.74, 6) is -0.392. The van der Waals surface area contributed by atoms with Crippen molar-refractivity contribution in [2.75, 3.05) is 6.61 Å². The first kappa shape index (κ1) is 14.0. The molecular weight excluding hydrogens is 238 g/mol. The number of nitrogens with zero attached hydrogens (tertiary/aromatic N) is 1. The van der Waals surface area contributed by atoms with Crippen molar-refractivity contribution in [2.45, 2.75) is 26.8 Å². The molecule has 2 amide bonds. The second kappa shape index (κ2) is 5.52. The average molecular weight is 255 g/mol. The van der Waals surface area contributed by atoms with E-state index in [0.717, 1.165) is 0 Å². The molecule has 0 fully saturated rings. The molecule has 1 rings (SSSR count). The Balaban J connectivity index is 2.67. The minimum Gasteiger partial charge on any atom is -0.451 e. The molecule has 1 aromatic rings. The van der Waals surface area contributed by atoms with Crippen LogP contribution in [0.4, 0.5) is 4.79 Å². The predicted molar refractivity (Wildman–Crippen MR) is 62.7 cm³/mol. The van der Waals surface area contributed by atoms with E-state index in [1.54, 1.807) is 0 Å². The topological polar surface area (TPSA) is 107 Å². The molecule has 3 N–H and O–H groups in total. The summed E-state index contributed by atoms with van der Waals surface area (Å²) in [5, 5.41) is 2.72. The molecular formula is C11H17N3O4. The Morgan fingerprint density at radius 3 is 2.67 bits per heavy atom. The highest BCUT2D eigenvalue weighted by molar-refractivity contribution is 5.92. The van der Waals surface area contributed by atoms with E-state index in [0.29, 0.717) is 0 Å². The summed E-state index contributed by atoms with van der Waals surface area (Å²) in [7, 11) is 0. The molecule has 0 radical (unpaired) electrons. The van der Waals surface area contributed by atoms with Crippen LogP contribution < -0.4 is 11.1 Å². The Labute approximate surface area is 105 Å². The van der Waals surface area contributed by atoms with Crippen molar-refractivity contribution in [1.29, 1.82) is 0 Å². The summed E-state index contributed by atoms with van der Waals surface area (Å²) in [5.41, 5.74) is 4.78. The summed E-state index contributed by atoms with van der Waals surface area (Å²) < 4.78 is 9.45. The fourth-order valence-electron chi connectivity index (χ4n) is 1.23. The van der Waals surface area contributed by atoms with E-state index in [1.807, 2.05) is 20.8 Å². The lowest BCUT2D eigenvalue weighted by molar-refractivity contribution is 0.0799. The van der Waals surface area contributed by atoms with Gasteiger partial charge in [-0.2, -0.15) is 0 Å². The second-order valence-corrected chi connectivity index (χ2v) is 4.90. The summed E-state index contributed by atoms with van der Waals surface area (Å²) in [6.07, 6.45) is 1.53. The molecule has 0 bridgehead atoms. The lowest BCUT2D eigenvalue weighted by Gasteiger charge is -2.30. The molecule has 0 aromatic carbocycles. The van der Waals surface area contributed by atoms with Crippen LogP contribution in [-0.2, 0) is 4.74 Å². The van der Waals surface area contributed by atoms with E-state index in [4.69, 9.17) is 14.9 Å². The number of nitrogens with two attached hydrogens (primary N) is 1. The smallest absolute Gasteiger partial charge is 0.404 e. The number of hydrogen-bond donors (Lipinski definition) is 2. The van der Waals surface area contributed by atoms with Crippen LogP contribution in [0, 0.1) is 5.41 Å². The van der Waals surface area contributed by atoms with Gasteiger partial charge >= 0.3 is 6.09 Å². The van der Waals surface area contributed by atoms with Gasteiger partial charge in [0.25, 0.3) is 5.91 Å². The molecule has 1 unspecified atom stereocenters. The second-order valence-electron chi connectivity index (χ2n) is 4.90. The molecule has 0 saturated heterocycles. The van der Waals surface area contributed by atoms with Crippen molar-refractivity contribution in [1.82, 2.24) is 10.3 Å². The Kier molecular flexibility index (Phi) is 4.30. The average Bonchev–Trinajstić information content (AvgIpc) is 2.74. The molecule has 1 atom stereocenters. The zero-order valence-electron chi connectivity index (χ0n) is 10.6. The number of carbonyl (C=O) groups excluding carboxylic acids is 2. The Morgan fingerprint density at radius 2 is 2.22 bits per heavy atom. The van der Waals surface area contributed by atoms with Gasteiger partial charge in [0.1, 0.15) is 12.9 Å². The van der Waals surface area contributed by atoms with Gasteiger partial charge in [-0.15, -0.1) is 0 Å². The highest BCUT2D eigenvalue weighted by Gasteiger charge is 2.28. The minimum absolute atomic E-state index is 0.00241. The molecule has 7 heteroatoms. The lowest BCUT2D eigenvalue weighted by Crippen LogP contribution is -2.47. The quantitative estimate of drug-likeness (QED) is 0.831. The van der Waals surface area contributed by atoms with E-state index in [1.165, 1.54) is 12.7 Å². The largest absolute Gasteiger partial charge is 0.451 e. The minimum atomic E-state index is -0.875. The van der Waals surface area contributed by atoms with E-state index < -0.39 is 12.0 Å². The number of carbonyl (C=O) groups is 2. The Bertz CT molecular complexity index is 408. The number of oxazole rings is 1. The number of hydrogen-bond acceptors (Lipinski definition) is 5. The predicted octanol–water partition coefficient (Wildman–Crippen LogP) is 0.914. The normalized spacial score (nSPS) is 12.8. The maximum absolute atomic E-state index is 11.8. The number of primary amides is 1. The first-order chi connectivity index (χ1) is 8.30. The molecule has 100 valence electrons. The van der Waals surface area contributed by atoms with Gasteiger partial charge < -0.3 is 20.2 Å². The van der Waals surface area contributed by atoms with Gasteiger partial charge in [0, 0.05) is 0 Å². The van der Waals surface area contributed by atoms with Crippen molar-refractivity contribution in [3.05, 3.63) is 18.4 Å². The van der Waals surface area contributed by atoms with Crippen LogP contribution in [0.15, 0.2) is 17.1 Å². The van der Waals surface area contributed by atoms with E-state index in [2.05, 4.69) is 10.3 Å². The van der Waals surface area contributed by atoms with Crippen LogP contribution in [0.3, 0.4) is 0 Å². The monoisotopic (exact) mass is 255 g/mol. The third-order valence-electron chi connectivity index (χ3n) is 2.41. The lowest BCUT2D eigenvalue weighted by atomic mass is 9.87. The molecule has 18 heavy (non-hydrogen) atoms. The molecule has 0 aliphatic heterocycles. The van der Waals surface area contributed by atoms with Crippen molar-refractivity contribution >= 4 is 12.0 Å². The Hall–Kier alpha value is -2.05. The van der Waals surface area contributed by atoms with Gasteiger partial charge in [0.05, 0.1) is 6.04 Å². The third kappa shape index (κ3) is 4.08. The maximum Gasteiger partial charge on any atom is 0.404 e. The number of amides is 2. The molecule has 7 nitrogen and oxygen atoms in total. The highest BCUT2D eigenvalue weighted by Crippen LogP contribution is 2.20. The summed E-state index contributed by atoms with van der Waals surface area (Å²) >= 11 is 0. The molecule has 0 saturated carbocycles. The summed E-state index contributed by atoms with van der Waals surface area (Å²) in [6.45, 7) is 5.73. The van der Waals surface area contributed by atoms with Crippen molar-refractivity contribution in [3.63, 3.8) is 0 Å². The van der Waals surface area contributed by atoms with Crippen LogP contribution in [0.5, 0.6) is 0 Å². The van der Waals surface area contributed by atoms with Gasteiger partial charge in [-0.3, -0.25) is 4.79 Å². The molecule has 0 aliphatic rings. The molecule has 1 heterocycles. The standard InChI is InChI=1S/C11H17N3O4/c1-11(2,3)8(5-18-10(12)16)14-9(15)7-4-17-6-13-7/h4,6,8H,5H2,1-3H3,(H2,12,16)(H,14,15). The number of aromatic nitrogens is 1. The van der Waals surface area contributed by atoms with Crippen LogP contribution >= 0.6 is 0 Å². The SMILES string of the molecule is CC(C)(C)C(COC(N)=O)NC(=O)c1cocn1. The van der Waals surface area contributed by atoms with Crippen molar-refractivity contribution in [3.8, 4) is 0 Å². The van der Waals surface area contributed by atoms with Crippen molar-refractivity contribution in [2.24, 2.45) is 11.1 Å². The van der Waals surface area contributed by atoms with Gasteiger partial charge in [0.2, 0.25) is 0 Å². The maximum atomic E-state index is 11.8. The number of nitrogens with one attached hydrogen (secondary N) is 1. The van der Waals surface area contributed by atoms with Gasteiger partial charge in [0.15, 0.2) is 12.1 Å². The van der Waals surface area contributed by atoms with Crippen molar-refractivity contribution < 1.29 is 18.7 Å². The van der Waals surface area contributed by atoms with Crippen LogP contribution in [0.1, 0.15) is 31.3 Å². The van der Waals surface area contributed by atoms with Crippen LogP contribution in [-0.4, -0.2) is 29.6 Å². The van der Waals surface area contributed by atoms with E-state index in [9.17, 15) is 9.59 Å². The molecule has 0 aliphatic carbocycles. The Morgan fingerprint density at radius 1 is 1.56 bits per heavy atom. The third-order valence-corrected chi connectivity index (χ3v) is 2.41. The van der Waals surface area contributed by atoms with Gasteiger partial charge in [-0.05, 0) is 5.41 Å². The number of ether oxygens (including phenoxy) is 1. The first-order valence-electron chi connectivity index (χ1n) is 5.42. The van der Waals surface area contributed by atoms with Gasteiger partial charge in [-0.25, -0.2) is 9.78 Å². The zero-order valence-corrected chi connectivity index (χ0v) is 10.6. The van der Waals surface area contributed by atoms with E-state index in [-0.39, 0.29) is 23.8 Å². The van der Waals surface area contributed by atoms with Crippen LogP contribution in [0.25, 0.3) is 0 Å². The summed E-state index contributed by atoms with van der Waals surface area (Å²) in [6, 6.07) is -0.380. The zero-order chi connectivity index (χ0) is 13.8. The number of rotatable bonds is 4. The molecule has 0 spiro atoms. The van der Waals surface area contributed by atoms with Gasteiger partial charge in [-0.1, -0.05) is 20.8 Å². The van der Waals surface area contributed by atoms with Crippen LogP contribution in [0.2, 0.25) is 0 Å². The first-order valence-corrected chi connectivity index (χ1v) is 5.42. The summed E-state index contributed by atoms with van der Waals surface area (Å²) in [4.78, 5) is 26.1. The fraction of sp³-hybridized carbons (Fsp3) is 0.545. The highest BCUT2D eigenvalue weighted by atomic mass is 16.5.